The molecular formula is C12H16O4. The van der Waals surface area contributed by atoms with Crippen LogP contribution in [0.3, 0.4) is 0 Å². The van der Waals surface area contributed by atoms with Crippen LogP contribution in [-0.2, 0) is 19.1 Å². The minimum atomic E-state index is -0.370. The first-order valence-electron chi connectivity index (χ1n) is 5.35. The Morgan fingerprint density at radius 2 is 1.81 bits per heavy atom. The summed E-state index contributed by atoms with van der Waals surface area (Å²) in [5.74, 6) is 0.294. The molecule has 0 saturated heterocycles. The number of allylic oxidation sites excluding steroid dienone is 3. The first kappa shape index (κ1) is 12.5. The summed E-state index contributed by atoms with van der Waals surface area (Å²) in [6, 6.07) is 0. The Kier molecular flexibility index (Phi) is 4.76. The van der Waals surface area contributed by atoms with Crippen LogP contribution in [0.5, 0.6) is 0 Å². The zero-order chi connectivity index (χ0) is 12.0. The summed E-state index contributed by atoms with van der Waals surface area (Å²) in [5.41, 5.74) is 0. The topological polar surface area (TPSA) is 52.6 Å². The highest BCUT2D eigenvalue weighted by molar-refractivity contribution is 5.68. The van der Waals surface area contributed by atoms with Crippen LogP contribution in [0.25, 0.3) is 0 Å². The maximum atomic E-state index is 10.8. The monoisotopic (exact) mass is 224 g/mol. The highest BCUT2D eigenvalue weighted by Gasteiger charge is 2.09. The van der Waals surface area contributed by atoms with Crippen molar-refractivity contribution in [3.05, 3.63) is 23.7 Å². The number of hydrogen-bond acceptors (Lipinski definition) is 4. The predicted molar refractivity (Wildman–Crippen MR) is 58.2 cm³/mol. The molecule has 0 N–H and O–H groups in total. The van der Waals surface area contributed by atoms with Gasteiger partial charge in [0.05, 0.1) is 0 Å². The molecule has 0 aromatic carbocycles. The minimum Gasteiger partial charge on any atom is -0.431 e. The Bertz CT molecular complexity index is 339. The van der Waals surface area contributed by atoms with E-state index in [1.54, 1.807) is 6.08 Å². The minimum absolute atomic E-state index is 0.353. The van der Waals surface area contributed by atoms with Crippen molar-refractivity contribution >= 4 is 11.9 Å². The first-order chi connectivity index (χ1) is 7.58. The number of hydrogen-bond donors (Lipinski definition) is 0. The Labute approximate surface area is 94.9 Å². The molecule has 0 fully saturated rings. The fourth-order valence-corrected chi connectivity index (χ4v) is 1.48. The Hall–Kier alpha value is -1.58. The van der Waals surface area contributed by atoms with Gasteiger partial charge < -0.3 is 9.47 Å². The highest BCUT2D eigenvalue weighted by atomic mass is 16.5. The molecule has 1 aliphatic rings. The van der Waals surface area contributed by atoms with E-state index in [9.17, 15) is 9.59 Å². The lowest BCUT2D eigenvalue weighted by molar-refractivity contribution is -0.137. The lowest BCUT2D eigenvalue weighted by Crippen LogP contribution is -2.04. The van der Waals surface area contributed by atoms with Gasteiger partial charge in [-0.3, -0.25) is 9.59 Å². The predicted octanol–water partition coefficient (Wildman–Crippen LogP) is 2.45. The van der Waals surface area contributed by atoms with E-state index in [0.29, 0.717) is 17.9 Å². The molecule has 0 spiro atoms. The van der Waals surface area contributed by atoms with E-state index >= 15 is 0 Å². The Morgan fingerprint density at radius 1 is 1.12 bits per heavy atom. The third-order valence-electron chi connectivity index (χ3n) is 2.06. The summed E-state index contributed by atoms with van der Waals surface area (Å²) in [5, 5.41) is 0. The zero-order valence-corrected chi connectivity index (χ0v) is 9.62. The average molecular weight is 224 g/mol. The van der Waals surface area contributed by atoms with Crippen molar-refractivity contribution in [2.24, 2.45) is 0 Å². The molecular weight excluding hydrogens is 208 g/mol. The number of ether oxygens (including phenoxy) is 2. The molecule has 0 aliphatic heterocycles. The summed E-state index contributed by atoms with van der Waals surface area (Å²) < 4.78 is 10.0. The van der Waals surface area contributed by atoms with Gasteiger partial charge in [-0.05, 0) is 25.3 Å². The van der Waals surface area contributed by atoms with Crippen molar-refractivity contribution in [2.45, 2.75) is 39.5 Å². The summed E-state index contributed by atoms with van der Waals surface area (Å²) >= 11 is 0. The van der Waals surface area contributed by atoms with Crippen molar-refractivity contribution in [3.63, 3.8) is 0 Å². The van der Waals surface area contributed by atoms with E-state index in [0.717, 1.165) is 19.3 Å². The lowest BCUT2D eigenvalue weighted by Gasteiger charge is -2.11. The summed E-state index contributed by atoms with van der Waals surface area (Å²) in [4.78, 5) is 21.7. The van der Waals surface area contributed by atoms with E-state index in [2.05, 4.69) is 0 Å². The number of rotatable bonds is 2. The zero-order valence-electron chi connectivity index (χ0n) is 9.62. The van der Waals surface area contributed by atoms with Gasteiger partial charge in [0.15, 0.2) is 0 Å². The van der Waals surface area contributed by atoms with Gasteiger partial charge in [-0.15, -0.1) is 0 Å². The second-order valence-electron chi connectivity index (χ2n) is 3.65. The summed E-state index contributed by atoms with van der Waals surface area (Å²) in [6.45, 7) is 2.70. The van der Waals surface area contributed by atoms with Gasteiger partial charge in [-0.1, -0.05) is 0 Å². The molecule has 0 aromatic rings. The van der Waals surface area contributed by atoms with E-state index in [4.69, 9.17) is 9.47 Å². The fraction of sp³-hybridized carbons (Fsp3) is 0.500. The quantitative estimate of drug-likeness (QED) is 0.676. The van der Waals surface area contributed by atoms with Gasteiger partial charge in [0, 0.05) is 26.3 Å². The molecule has 88 valence electrons. The third-order valence-corrected chi connectivity index (χ3v) is 2.06. The fourth-order valence-electron chi connectivity index (χ4n) is 1.48. The summed E-state index contributed by atoms with van der Waals surface area (Å²) in [6.07, 6.45) is 6.96. The van der Waals surface area contributed by atoms with Crippen LogP contribution >= 0.6 is 0 Å². The molecule has 0 aromatic heterocycles. The van der Waals surface area contributed by atoms with Gasteiger partial charge in [-0.25, -0.2) is 0 Å². The van der Waals surface area contributed by atoms with Crippen molar-refractivity contribution < 1.29 is 19.1 Å². The van der Waals surface area contributed by atoms with E-state index < -0.39 is 0 Å². The molecule has 1 aliphatic carbocycles. The molecule has 0 radical (unpaired) electrons. The molecule has 0 saturated carbocycles. The van der Waals surface area contributed by atoms with Crippen molar-refractivity contribution in [1.82, 2.24) is 0 Å². The second kappa shape index (κ2) is 6.10. The lowest BCUT2D eigenvalue weighted by atomic mass is 10.1. The summed E-state index contributed by atoms with van der Waals surface area (Å²) in [7, 11) is 0. The van der Waals surface area contributed by atoms with Crippen molar-refractivity contribution in [3.8, 4) is 0 Å². The van der Waals surface area contributed by atoms with Gasteiger partial charge in [0.1, 0.15) is 11.5 Å². The van der Waals surface area contributed by atoms with Crippen LogP contribution in [0, 0.1) is 0 Å². The van der Waals surface area contributed by atoms with Crippen molar-refractivity contribution in [1.29, 1.82) is 0 Å². The standard InChI is InChI=1S/C12H16O4/c1-9(13)15-11-6-4-3-5-7-12(8-11)16-10(2)14/h6,8H,3-5,7H2,1-2H3/b11-6+,12-8+. The molecule has 4 nitrogen and oxygen atoms in total. The van der Waals surface area contributed by atoms with Gasteiger partial charge in [-0.2, -0.15) is 0 Å². The molecule has 16 heavy (non-hydrogen) atoms. The van der Waals surface area contributed by atoms with Crippen LogP contribution in [-0.4, -0.2) is 11.9 Å². The number of esters is 2. The average Bonchev–Trinajstić information content (AvgIpc) is 2.10. The maximum Gasteiger partial charge on any atom is 0.308 e. The highest BCUT2D eigenvalue weighted by Crippen LogP contribution is 2.18. The smallest absolute Gasteiger partial charge is 0.308 e. The third kappa shape index (κ3) is 4.77. The normalized spacial score (nSPS) is 22.9. The van der Waals surface area contributed by atoms with E-state index in [1.165, 1.54) is 13.8 Å². The van der Waals surface area contributed by atoms with Gasteiger partial charge >= 0.3 is 11.9 Å². The maximum absolute atomic E-state index is 10.8. The van der Waals surface area contributed by atoms with Crippen LogP contribution in [0.1, 0.15) is 39.5 Å². The SMILES string of the molecule is CC(=O)OC1=C/CCCC/C(OC(C)=O)=C\1. The Balaban J connectivity index is 2.77. The van der Waals surface area contributed by atoms with Crippen LogP contribution in [0.15, 0.2) is 23.7 Å². The second-order valence-corrected chi connectivity index (χ2v) is 3.65. The molecule has 4 heteroatoms. The molecule has 0 atom stereocenters. The van der Waals surface area contributed by atoms with E-state index in [1.807, 2.05) is 6.08 Å². The number of carbonyl (C=O) groups excluding carboxylic acids is 2. The molecule has 0 amide bonds. The Morgan fingerprint density at radius 3 is 2.44 bits per heavy atom. The van der Waals surface area contributed by atoms with Gasteiger partial charge in [0.25, 0.3) is 0 Å². The van der Waals surface area contributed by atoms with Crippen LogP contribution in [0.2, 0.25) is 0 Å². The molecule has 0 heterocycles. The van der Waals surface area contributed by atoms with E-state index in [-0.39, 0.29) is 11.9 Å². The van der Waals surface area contributed by atoms with Crippen LogP contribution in [0.4, 0.5) is 0 Å². The van der Waals surface area contributed by atoms with Crippen molar-refractivity contribution in [2.75, 3.05) is 0 Å². The van der Waals surface area contributed by atoms with Crippen LogP contribution < -0.4 is 0 Å². The largest absolute Gasteiger partial charge is 0.431 e. The molecule has 1 rings (SSSR count). The molecule has 0 bridgehead atoms. The first-order valence-corrected chi connectivity index (χ1v) is 5.35. The number of carbonyl (C=O) groups is 2. The van der Waals surface area contributed by atoms with Gasteiger partial charge in [0.2, 0.25) is 0 Å². The molecule has 0 unspecified atom stereocenters.